The van der Waals surface area contributed by atoms with Crippen LogP contribution in [0, 0.1) is 12.7 Å². The summed E-state index contributed by atoms with van der Waals surface area (Å²) in [5.41, 5.74) is 1.79. The van der Waals surface area contributed by atoms with E-state index in [-0.39, 0.29) is 10.6 Å². The number of hydrogen-bond acceptors (Lipinski definition) is 5. The summed E-state index contributed by atoms with van der Waals surface area (Å²) in [4.78, 5) is 21.5. The maximum absolute atomic E-state index is 14.2. The molecule has 5 rings (SSSR count). The number of fused-ring (bicyclic) bond motifs is 1. The Hall–Kier alpha value is -4.11. The molecule has 0 saturated carbocycles. The lowest BCUT2D eigenvalue weighted by molar-refractivity contribution is 0.102. The molecule has 32 heavy (non-hydrogen) atoms. The number of nitrogens with one attached hydrogen (secondary N) is 1. The minimum atomic E-state index is -0.716. The Morgan fingerprint density at radius 2 is 1.88 bits per heavy atom. The number of nitrogens with zero attached hydrogens (tertiary/aromatic N) is 6. The van der Waals surface area contributed by atoms with Gasteiger partial charge in [0.15, 0.2) is 11.5 Å². The van der Waals surface area contributed by atoms with Crippen LogP contribution in [0.15, 0.2) is 67.1 Å². The quantitative estimate of drug-likeness (QED) is 0.442. The zero-order chi connectivity index (χ0) is 22.2. The molecule has 1 N–H and O–H groups in total. The summed E-state index contributed by atoms with van der Waals surface area (Å²) >= 11 is 6.04. The molecule has 0 bridgehead atoms. The van der Waals surface area contributed by atoms with Gasteiger partial charge in [0, 0.05) is 6.07 Å². The minimum absolute atomic E-state index is 0.0128. The van der Waals surface area contributed by atoms with Gasteiger partial charge in [-0.05, 0) is 31.2 Å². The van der Waals surface area contributed by atoms with Gasteiger partial charge in [-0.1, -0.05) is 35.9 Å². The third-order valence-electron chi connectivity index (χ3n) is 4.81. The average Bonchev–Trinajstić information content (AvgIpc) is 3.37. The second-order valence-corrected chi connectivity index (χ2v) is 7.37. The van der Waals surface area contributed by atoms with Gasteiger partial charge in [0.05, 0.1) is 33.6 Å². The van der Waals surface area contributed by atoms with E-state index in [4.69, 9.17) is 11.6 Å². The molecule has 158 valence electrons. The van der Waals surface area contributed by atoms with Gasteiger partial charge in [0.1, 0.15) is 18.0 Å². The Kier molecular flexibility index (Phi) is 4.87. The molecule has 10 heteroatoms. The van der Waals surface area contributed by atoms with Crippen LogP contribution in [0.1, 0.15) is 16.1 Å². The Labute approximate surface area is 186 Å². The highest BCUT2D eigenvalue weighted by Gasteiger charge is 2.21. The van der Waals surface area contributed by atoms with E-state index in [0.717, 1.165) is 5.69 Å². The second-order valence-electron chi connectivity index (χ2n) is 6.96. The van der Waals surface area contributed by atoms with Gasteiger partial charge in [0.25, 0.3) is 5.91 Å². The number of rotatable bonds is 4. The highest BCUT2D eigenvalue weighted by molar-refractivity contribution is 6.34. The average molecular weight is 448 g/mol. The van der Waals surface area contributed by atoms with Gasteiger partial charge in [-0.2, -0.15) is 14.9 Å². The van der Waals surface area contributed by atoms with Crippen LogP contribution in [-0.4, -0.2) is 35.4 Å². The lowest BCUT2D eigenvalue weighted by Gasteiger charge is -2.10. The fraction of sp³-hybridized carbons (Fsp3) is 0.0455. The molecule has 2 aromatic carbocycles. The molecule has 1 amide bonds. The number of amides is 1. The maximum atomic E-state index is 14.2. The summed E-state index contributed by atoms with van der Waals surface area (Å²) in [6.07, 6.45) is 3.03. The van der Waals surface area contributed by atoms with Crippen molar-refractivity contribution in [2.45, 2.75) is 6.92 Å². The number of carbonyl (C=O) groups excluding carboxylic acids is 1. The summed E-state index contributed by atoms with van der Waals surface area (Å²) in [5.74, 6) is -0.689. The molecule has 0 saturated heterocycles. The third-order valence-corrected chi connectivity index (χ3v) is 5.12. The van der Waals surface area contributed by atoms with Gasteiger partial charge in [0.2, 0.25) is 0 Å². The highest BCUT2D eigenvalue weighted by Crippen LogP contribution is 2.25. The summed E-state index contributed by atoms with van der Waals surface area (Å²) < 4.78 is 17.4. The van der Waals surface area contributed by atoms with Crippen LogP contribution in [0.2, 0.25) is 5.02 Å². The first-order valence-electron chi connectivity index (χ1n) is 9.59. The van der Waals surface area contributed by atoms with Crippen LogP contribution >= 0.6 is 11.6 Å². The lowest BCUT2D eigenvalue weighted by atomic mass is 10.2. The minimum Gasteiger partial charge on any atom is -0.306 e. The Morgan fingerprint density at radius 1 is 1.06 bits per heavy atom. The van der Waals surface area contributed by atoms with Gasteiger partial charge >= 0.3 is 0 Å². The first kappa shape index (κ1) is 19.8. The second kappa shape index (κ2) is 7.86. The van der Waals surface area contributed by atoms with Gasteiger partial charge in [-0.25, -0.2) is 19.0 Å². The van der Waals surface area contributed by atoms with E-state index in [1.165, 1.54) is 29.2 Å². The molecule has 0 spiro atoms. The fourth-order valence-corrected chi connectivity index (χ4v) is 3.65. The SMILES string of the molecule is Cc1cc(NC(=O)c2c(F)cccc2Cl)n(-c2ncnc3c2cnn3-c2ccccc2)n1. The van der Waals surface area contributed by atoms with Crippen molar-refractivity contribution in [1.82, 2.24) is 29.5 Å². The zero-order valence-electron chi connectivity index (χ0n) is 16.7. The molecule has 8 nitrogen and oxygen atoms in total. The lowest BCUT2D eigenvalue weighted by Crippen LogP contribution is -2.17. The Balaban J connectivity index is 1.59. The van der Waals surface area contributed by atoms with Crippen LogP contribution < -0.4 is 5.32 Å². The zero-order valence-corrected chi connectivity index (χ0v) is 17.5. The number of aryl methyl sites for hydroxylation is 1. The van der Waals surface area contributed by atoms with Crippen molar-refractivity contribution in [2.24, 2.45) is 0 Å². The number of aromatic nitrogens is 6. The molecular weight excluding hydrogens is 433 g/mol. The van der Waals surface area contributed by atoms with E-state index >= 15 is 0 Å². The number of halogens is 2. The monoisotopic (exact) mass is 447 g/mol. The van der Waals surface area contributed by atoms with Crippen LogP contribution in [0.3, 0.4) is 0 Å². The van der Waals surface area contributed by atoms with Crippen molar-refractivity contribution in [2.75, 3.05) is 5.32 Å². The number of benzene rings is 2. The summed E-state index contributed by atoms with van der Waals surface area (Å²) in [6, 6.07) is 15.3. The molecule has 0 aliphatic carbocycles. The highest BCUT2D eigenvalue weighted by atomic mass is 35.5. The Morgan fingerprint density at radius 3 is 2.66 bits per heavy atom. The molecule has 0 atom stereocenters. The topological polar surface area (TPSA) is 90.5 Å². The summed E-state index contributed by atoms with van der Waals surface area (Å²) in [5, 5.41) is 12.2. The number of carbonyl (C=O) groups is 1. The molecular formula is C22H15ClFN7O. The van der Waals surface area contributed by atoms with Crippen molar-refractivity contribution in [3.05, 3.63) is 89.2 Å². The van der Waals surface area contributed by atoms with Crippen molar-refractivity contribution in [3.63, 3.8) is 0 Å². The number of hydrogen-bond donors (Lipinski definition) is 1. The first-order chi connectivity index (χ1) is 15.5. The van der Waals surface area contributed by atoms with Gasteiger partial charge < -0.3 is 5.32 Å². The molecule has 5 aromatic rings. The van der Waals surface area contributed by atoms with E-state index in [2.05, 4.69) is 25.5 Å². The molecule has 0 aliphatic heterocycles. The molecule has 3 aromatic heterocycles. The Bertz CT molecular complexity index is 1440. The molecule has 0 radical (unpaired) electrons. The van der Waals surface area contributed by atoms with E-state index < -0.39 is 11.7 Å². The van der Waals surface area contributed by atoms with E-state index in [1.807, 2.05) is 30.3 Å². The molecule has 3 heterocycles. The summed E-state index contributed by atoms with van der Waals surface area (Å²) in [7, 11) is 0. The van der Waals surface area contributed by atoms with Crippen molar-refractivity contribution < 1.29 is 9.18 Å². The molecule has 0 unspecified atom stereocenters. The molecule has 0 fully saturated rings. The van der Waals surface area contributed by atoms with Crippen molar-refractivity contribution in [3.8, 4) is 11.5 Å². The predicted octanol–water partition coefficient (Wildman–Crippen LogP) is 4.35. The van der Waals surface area contributed by atoms with Gasteiger partial charge in [-0.15, -0.1) is 0 Å². The smallest absolute Gasteiger partial charge is 0.261 e. The van der Waals surface area contributed by atoms with Crippen LogP contribution in [0.4, 0.5) is 10.2 Å². The maximum Gasteiger partial charge on any atom is 0.261 e. The normalized spacial score (nSPS) is 11.1. The standard InChI is InChI=1S/C22H15ClFN7O/c1-13-10-18(28-22(32)19-16(23)8-5-9-17(19)24)31(29-13)21-15-11-27-30(20(15)25-12-26-21)14-6-3-2-4-7-14/h2-12H,1H3,(H,28,32). The van der Waals surface area contributed by atoms with E-state index in [9.17, 15) is 9.18 Å². The van der Waals surface area contributed by atoms with Crippen molar-refractivity contribution >= 4 is 34.4 Å². The van der Waals surface area contributed by atoms with E-state index in [0.29, 0.717) is 28.4 Å². The van der Waals surface area contributed by atoms with Crippen molar-refractivity contribution in [1.29, 1.82) is 0 Å². The molecule has 0 aliphatic rings. The van der Waals surface area contributed by atoms with Crippen LogP contribution in [-0.2, 0) is 0 Å². The largest absolute Gasteiger partial charge is 0.306 e. The fourth-order valence-electron chi connectivity index (χ4n) is 3.40. The predicted molar refractivity (Wildman–Crippen MR) is 118 cm³/mol. The van der Waals surface area contributed by atoms with Gasteiger partial charge in [-0.3, -0.25) is 4.79 Å². The van der Waals surface area contributed by atoms with Crippen LogP contribution in [0.25, 0.3) is 22.5 Å². The first-order valence-corrected chi connectivity index (χ1v) is 9.97. The third kappa shape index (κ3) is 3.38. The van der Waals surface area contributed by atoms with Crippen LogP contribution in [0.5, 0.6) is 0 Å². The summed E-state index contributed by atoms with van der Waals surface area (Å²) in [6.45, 7) is 1.77. The number of anilines is 1. The number of para-hydroxylation sites is 1. The van der Waals surface area contributed by atoms with E-state index in [1.54, 1.807) is 23.9 Å².